The van der Waals surface area contributed by atoms with E-state index in [0.717, 1.165) is 42.8 Å². The fourth-order valence-corrected chi connectivity index (χ4v) is 4.90. The third kappa shape index (κ3) is 4.26. The van der Waals surface area contributed by atoms with Crippen LogP contribution < -0.4 is 0 Å². The number of halogens is 1. The van der Waals surface area contributed by atoms with Crippen molar-refractivity contribution < 1.29 is 14.3 Å². The molecule has 1 amide bonds. The number of rotatable bonds is 4. The van der Waals surface area contributed by atoms with Gasteiger partial charge in [-0.25, -0.2) is 5.01 Å². The molecule has 31 heavy (non-hydrogen) atoms. The van der Waals surface area contributed by atoms with Crippen molar-refractivity contribution in [2.24, 2.45) is 5.10 Å². The molecule has 1 atom stereocenters. The van der Waals surface area contributed by atoms with E-state index >= 15 is 0 Å². The molecule has 1 unspecified atom stereocenters. The number of hydrogen-bond donors (Lipinski definition) is 0. The molecule has 162 valence electrons. The number of hydrogen-bond acceptors (Lipinski definition) is 5. The standard InChI is InChI=1S/C24H26ClN3O3/c25-20-9-5-4-8-19(20)22-16-21(18-6-2-1-3-7-18)26-28(22)23(29)17-27-12-10-24(11-13-27)30-14-15-31-24/h1-9,22H,10-17H2. The van der Waals surface area contributed by atoms with Gasteiger partial charge in [0, 0.05) is 37.4 Å². The van der Waals surface area contributed by atoms with Crippen LogP contribution in [0, 0.1) is 0 Å². The summed E-state index contributed by atoms with van der Waals surface area (Å²) >= 11 is 6.50. The van der Waals surface area contributed by atoms with Crippen LogP contribution in [-0.4, -0.2) is 60.2 Å². The summed E-state index contributed by atoms with van der Waals surface area (Å²) < 4.78 is 11.6. The first-order chi connectivity index (χ1) is 15.1. The molecule has 0 aliphatic carbocycles. The van der Waals surface area contributed by atoms with Gasteiger partial charge in [0.1, 0.15) is 0 Å². The maximum absolute atomic E-state index is 13.4. The zero-order valence-corrected chi connectivity index (χ0v) is 18.1. The molecule has 5 rings (SSSR count). The van der Waals surface area contributed by atoms with E-state index in [1.807, 2.05) is 54.6 Å². The zero-order chi connectivity index (χ0) is 21.3. The number of benzene rings is 2. The average molecular weight is 440 g/mol. The lowest BCUT2D eigenvalue weighted by Gasteiger charge is -2.37. The summed E-state index contributed by atoms with van der Waals surface area (Å²) in [6.45, 7) is 3.17. The second-order valence-electron chi connectivity index (χ2n) is 8.28. The predicted molar refractivity (Wildman–Crippen MR) is 119 cm³/mol. The van der Waals surface area contributed by atoms with Gasteiger partial charge in [-0.2, -0.15) is 5.10 Å². The maximum atomic E-state index is 13.4. The number of carbonyl (C=O) groups excluding carboxylic acids is 1. The van der Waals surface area contributed by atoms with Crippen molar-refractivity contribution in [2.45, 2.75) is 31.1 Å². The zero-order valence-electron chi connectivity index (χ0n) is 17.4. The van der Waals surface area contributed by atoms with Gasteiger partial charge in [-0.3, -0.25) is 9.69 Å². The van der Waals surface area contributed by atoms with Gasteiger partial charge in [-0.15, -0.1) is 0 Å². The first-order valence-electron chi connectivity index (χ1n) is 10.8. The van der Waals surface area contributed by atoms with Crippen molar-refractivity contribution in [2.75, 3.05) is 32.8 Å². The van der Waals surface area contributed by atoms with Crippen molar-refractivity contribution >= 4 is 23.2 Å². The molecule has 0 saturated carbocycles. The smallest absolute Gasteiger partial charge is 0.257 e. The summed E-state index contributed by atoms with van der Waals surface area (Å²) in [6.07, 6.45) is 2.21. The molecule has 3 aliphatic heterocycles. The van der Waals surface area contributed by atoms with E-state index in [1.165, 1.54) is 0 Å². The summed E-state index contributed by atoms with van der Waals surface area (Å²) in [5.74, 6) is -0.452. The van der Waals surface area contributed by atoms with Crippen LogP contribution in [0.1, 0.15) is 36.4 Å². The van der Waals surface area contributed by atoms with E-state index in [0.29, 0.717) is 31.2 Å². The van der Waals surface area contributed by atoms with Gasteiger partial charge in [0.2, 0.25) is 0 Å². The number of nitrogens with zero attached hydrogens (tertiary/aromatic N) is 3. The van der Waals surface area contributed by atoms with Crippen molar-refractivity contribution in [1.82, 2.24) is 9.91 Å². The molecular weight excluding hydrogens is 414 g/mol. The lowest BCUT2D eigenvalue weighted by atomic mass is 9.98. The largest absolute Gasteiger partial charge is 0.347 e. The Labute approximate surface area is 187 Å². The highest BCUT2D eigenvalue weighted by atomic mass is 35.5. The molecule has 7 heteroatoms. The molecule has 1 spiro atoms. The summed E-state index contributed by atoms with van der Waals surface area (Å²) in [5, 5.41) is 7.05. The Morgan fingerprint density at radius 2 is 1.71 bits per heavy atom. The van der Waals surface area contributed by atoms with Crippen LogP contribution in [0.5, 0.6) is 0 Å². The number of piperidine rings is 1. The second kappa shape index (κ2) is 8.71. The minimum atomic E-state index is -0.439. The third-order valence-electron chi connectivity index (χ3n) is 6.33. The van der Waals surface area contributed by atoms with Crippen molar-refractivity contribution in [3.63, 3.8) is 0 Å². The van der Waals surface area contributed by atoms with Gasteiger partial charge in [-0.1, -0.05) is 60.1 Å². The molecule has 2 aromatic carbocycles. The minimum absolute atomic E-state index is 0.0138. The van der Waals surface area contributed by atoms with Crippen LogP contribution in [0.15, 0.2) is 59.7 Å². The predicted octanol–water partition coefficient (Wildman–Crippen LogP) is 3.86. The van der Waals surface area contributed by atoms with E-state index in [-0.39, 0.29) is 11.9 Å². The SMILES string of the molecule is O=C(CN1CCC2(CC1)OCCO2)N1N=C(c2ccccc2)CC1c1ccccc1Cl. The molecule has 0 bridgehead atoms. The first-order valence-corrected chi connectivity index (χ1v) is 11.2. The Morgan fingerprint density at radius 3 is 2.42 bits per heavy atom. The fourth-order valence-electron chi connectivity index (χ4n) is 4.63. The number of likely N-dealkylation sites (tertiary alicyclic amines) is 1. The highest BCUT2D eigenvalue weighted by molar-refractivity contribution is 6.31. The van der Waals surface area contributed by atoms with Gasteiger partial charge in [-0.05, 0) is 17.2 Å². The first kappa shape index (κ1) is 20.6. The Balaban J connectivity index is 1.34. The average Bonchev–Trinajstić information content (AvgIpc) is 3.44. The number of ether oxygens (including phenoxy) is 2. The maximum Gasteiger partial charge on any atom is 0.257 e. The molecule has 6 nitrogen and oxygen atoms in total. The molecule has 2 aromatic rings. The summed E-state index contributed by atoms with van der Waals surface area (Å²) in [4.78, 5) is 15.5. The van der Waals surface area contributed by atoms with E-state index < -0.39 is 5.79 Å². The Kier molecular flexibility index (Phi) is 5.80. The van der Waals surface area contributed by atoms with Gasteiger partial charge >= 0.3 is 0 Å². The normalized spacial score (nSPS) is 23.3. The highest BCUT2D eigenvalue weighted by Gasteiger charge is 2.41. The van der Waals surface area contributed by atoms with Gasteiger partial charge < -0.3 is 9.47 Å². The highest BCUT2D eigenvalue weighted by Crippen LogP contribution is 2.37. The van der Waals surface area contributed by atoms with Crippen LogP contribution in [0.25, 0.3) is 0 Å². The second-order valence-corrected chi connectivity index (χ2v) is 8.68. The molecular formula is C24H26ClN3O3. The summed E-state index contributed by atoms with van der Waals surface area (Å²) in [5.41, 5.74) is 2.87. The Hall–Kier alpha value is -2.25. The fraction of sp³-hybridized carbons (Fsp3) is 0.417. The van der Waals surface area contributed by atoms with Crippen LogP contribution in [0.3, 0.4) is 0 Å². The third-order valence-corrected chi connectivity index (χ3v) is 6.67. The molecule has 0 aromatic heterocycles. The molecule has 0 radical (unpaired) electrons. The van der Waals surface area contributed by atoms with Crippen molar-refractivity contribution in [1.29, 1.82) is 0 Å². The lowest BCUT2D eigenvalue weighted by Crippen LogP contribution is -2.48. The topological polar surface area (TPSA) is 54.4 Å². The van der Waals surface area contributed by atoms with Crippen LogP contribution >= 0.6 is 11.6 Å². The van der Waals surface area contributed by atoms with Crippen molar-refractivity contribution in [3.8, 4) is 0 Å². The van der Waals surface area contributed by atoms with E-state index in [1.54, 1.807) is 5.01 Å². The van der Waals surface area contributed by atoms with Crippen LogP contribution in [-0.2, 0) is 14.3 Å². The van der Waals surface area contributed by atoms with E-state index in [4.69, 9.17) is 26.2 Å². The summed E-state index contributed by atoms with van der Waals surface area (Å²) in [7, 11) is 0. The van der Waals surface area contributed by atoms with Crippen molar-refractivity contribution in [3.05, 3.63) is 70.7 Å². The molecule has 2 fully saturated rings. The Morgan fingerprint density at radius 1 is 1.03 bits per heavy atom. The quantitative estimate of drug-likeness (QED) is 0.726. The molecule has 0 N–H and O–H groups in total. The number of amides is 1. The molecule has 2 saturated heterocycles. The van der Waals surface area contributed by atoms with E-state index in [9.17, 15) is 4.79 Å². The Bertz CT molecular complexity index is 965. The minimum Gasteiger partial charge on any atom is -0.347 e. The van der Waals surface area contributed by atoms with Gasteiger partial charge in [0.15, 0.2) is 5.79 Å². The van der Waals surface area contributed by atoms with Gasteiger partial charge in [0.05, 0.1) is 31.5 Å². The summed E-state index contributed by atoms with van der Waals surface area (Å²) in [6, 6.07) is 17.5. The lowest BCUT2D eigenvalue weighted by molar-refractivity contribution is -0.186. The number of carbonyl (C=O) groups is 1. The molecule has 3 aliphatic rings. The van der Waals surface area contributed by atoms with Gasteiger partial charge in [0.25, 0.3) is 5.91 Å². The molecule has 3 heterocycles. The monoisotopic (exact) mass is 439 g/mol. The van der Waals surface area contributed by atoms with Crippen LogP contribution in [0.2, 0.25) is 5.02 Å². The van der Waals surface area contributed by atoms with Crippen LogP contribution in [0.4, 0.5) is 0 Å². The number of hydrazone groups is 1. The van der Waals surface area contributed by atoms with E-state index in [2.05, 4.69) is 4.90 Å².